The second kappa shape index (κ2) is 23.4. The third kappa shape index (κ3) is 16.9. The van der Waals surface area contributed by atoms with E-state index in [9.17, 15) is 0 Å². The van der Waals surface area contributed by atoms with E-state index in [1.807, 2.05) is 58.0 Å². The number of aromatic nitrogens is 4. The van der Waals surface area contributed by atoms with Crippen LogP contribution in [0.1, 0.15) is 8.35 Å². The Labute approximate surface area is 255 Å². The van der Waals surface area contributed by atoms with Gasteiger partial charge in [0, 0.05) is 76.4 Å². The van der Waals surface area contributed by atoms with E-state index in [0.29, 0.717) is 0 Å². The summed E-state index contributed by atoms with van der Waals surface area (Å²) in [4.78, 5) is 17.0. The summed E-state index contributed by atoms with van der Waals surface area (Å²) in [7, 11) is 0. The Morgan fingerprint density at radius 2 is 1.17 bits per heavy atom. The Bertz CT molecular complexity index is 1070. The molecular formula is C31H44BrN9. The van der Waals surface area contributed by atoms with Gasteiger partial charge >= 0.3 is 0 Å². The summed E-state index contributed by atoms with van der Waals surface area (Å²) in [6.45, 7) is 17.7. The number of nitriles is 1. The number of halogens is 1. The van der Waals surface area contributed by atoms with Gasteiger partial charge in [0.25, 0.3) is 0 Å². The van der Waals surface area contributed by atoms with Gasteiger partial charge in [-0.1, -0.05) is 90.4 Å². The molecule has 0 atom stereocenters. The first-order valence-corrected chi connectivity index (χ1v) is 14.2. The molecular weight excluding hydrogens is 578 g/mol. The van der Waals surface area contributed by atoms with Crippen molar-refractivity contribution in [1.29, 1.82) is 5.26 Å². The Hall–Kier alpha value is -4.49. The molecule has 0 N–H and O–H groups in total. The second-order valence-corrected chi connectivity index (χ2v) is 9.05. The monoisotopic (exact) mass is 622 g/mol. The summed E-state index contributed by atoms with van der Waals surface area (Å²) >= 11 is 3.22. The maximum Gasteiger partial charge on any atom is 0.101 e. The summed E-state index contributed by atoms with van der Waals surface area (Å²) in [6, 6.07) is 1.75. The summed E-state index contributed by atoms with van der Waals surface area (Å²) in [5.41, 5.74) is 0. The highest BCUT2D eigenvalue weighted by Gasteiger charge is 2.16. The molecule has 0 amide bonds. The molecule has 220 valence electrons. The SMILES string of the molecule is C=C/C=C/CBr.C=C/C=C/CN1C=CN(CN2C=CN(C/C=C/C=C)C2)C1.CC#N.[2HH].c1cn(Cn2ccnc2)cn1. The molecule has 2 aliphatic rings. The number of hydrogen-bond donors (Lipinski definition) is 0. The van der Waals surface area contributed by atoms with E-state index >= 15 is 0 Å². The minimum atomic E-state index is 0. The molecule has 2 aliphatic heterocycles. The van der Waals surface area contributed by atoms with E-state index in [2.05, 4.69) is 102 Å². The van der Waals surface area contributed by atoms with Crippen LogP contribution in [0, 0.1) is 11.3 Å². The van der Waals surface area contributed by atoms with E-state index < -0.39 is 0 Å². The standard InChI is InChI=1S/C17H24N4.C7H8N4.C5H7Br.C2H3N.H2/c1-3-5-7-9-18-11-13-20(15-18)17-21-14-12-19(16-21)10-8-6-4-2;1-3-10(5-8-1)7-11-4-2-9-6-11;1-2-3-4-5-6;1-2-3;/h3-8,11-14H,1-2,9-10,15-17H2;1-6H,7H2;2-4H,1,5H2;1H3;1H/b7-5+,8-6+;;4-3+;;/i;;;;1+1. The van der Waals surface area contributed by atoms with Crippen LogP contribution < -0.4 is 0 Å². The zero-order valence-corrected chi connectivity index (χ0v) is 25.5. The van der Waals surface area contributed by atoms with Crippen LogP contribution in [0.25, 0.3) is 0 Å². The highest BCUT2D eigenvalue weighted by atomic mass is 79.9. The molecule has 41 heavy (non-hydrogen) atoms. The molecule has 2 aromatic heterocycles. The van der Waals surface area contributed by atoms with Crippen molar-refractivity contribution >= 4 is 15.9 Å². The molecule has 0 spiro atoms. The minimum absolute atomic E-state index is 0. The molecule has 0 fully saturated rings. The first kappa shape index (κ1) is 34.5. The maximum absolute atomic E-state index is 7.32. The quantitative estimate of drug-likeness (QED) is 0.212. The number of allylic oxidation sites excluding steroid dienone is 7. The number of nitrogens with zero attached hydrogens (tertiary/aromatic N) is 9. The van der Waals surface area contributed by atoms with E-state index in [-0.39, 0.29) is 1.43 Å². The largest absolute Gasteiger partial charge is 0.355 e. The molecule has 0 saturated carbocycles. The summed E-state index contributed by atoms with van der Waals surface area (Å²) < 4.78 is 3.95. The third-order valence-corrected chi connectivity index (χ3v) is 5.47. The molecule has 4 heterocycles. The topological polar surface area (TPSA) is 72.4 Å². The van der Waals surface area contributed by atoms with Crippen LogP contribution in [0.3, 0.4) is 0 Å². The summed E-state index contributed by atoms with van der Waals surface area (Å²) in [6.07, 6.45) is 36.9. The molecule has 2 aromatic rings. The minimum Gasteiger partial charge on any atom is -0.355 e. The third-order valence-electron chi connectivity index (χ3n) is 5.10. The van der Waals surface area contributed by atoms with Crippen molar-refractivity contribution in [2.45, 2.75) is 13.6 Å². The Kier molecular flexibility index (Phi) is 19.7. The van der Waals surface area contributed by atoms with E-state index in [1.54, 1.807) is 37.2 Å². The lowest BCUT2D eigenvalue weighted by atomic mass is 10.4. The Morgan fingerprint density at radius 1 is 0.756 bits per heavy atom. The van der Waals surface area contributed by atoms with Gasteiger partial charge in [-0.15, -0.1) is 0 Å². The van der Waals surface area contributed by atoms with Crippen molar-refractivity contribution in [2.24, 2.45) is 0 Å². The van der Waals surface area contributed by atoms with Crippen molar-refractivity contribution in [2.75, 3.05) is 38.4 Å². The van der Waals surface area contributed by atoms with Crippen LogP contribution >= 0.6 is 15.9 Å². The molecule has 0 aromatic carbocycles. The van der Waals surface area contributed by atoms with Gasteiger partial charge in [-0.3, -0.25) is 0 Å². The zero-order valence-electron chi connectivity index (χ0n) is 23.9. The van der Waals surface area contributed by atoms with Crippen LogP contribution in [0.5, 0.6) is 0 Å². The number of hydrogen-bond acceptors (Lipinski definition) is 7. The molecule has 10 heteroatoms. The van der Waals surface area contributed by atoms with Gasteiger partial charge in [-0.05, 0) is 0 Å². The van der Waals surface area contributed by atoms with Gasteiger partial charge in [0.05, 0.1) is 38.7 Å². The molecule has 0 saturated heterocycles. The van der Waals surface area contributed by atoms with Crippen molar-refractivity contribution in [3.05, 3.63) is 137 Å². The lowest BCUT2D eigenvalue weighted by Crippen LogP contribution is -2.35. The van der Waals surface area contributed by atoms with E-state index in [1.165, 1.54) is 6.92 Å². The van der Waals surface area contributed by atoms with Crippen molar-refractivity contribution < 1.29 is 1.43 Å². The number of alkyl halides is 1. The van der Waals surface area contributed by atoms with Gasteiger partial charge in [-0.25, -0.2) is 9.97 Å². The van der Waals surface area contributed by atoms with E-state index in [4.69, 9.17) is 5.26 Å². The lowest BCUT2D eigenvalue weighted by molar-refractivity contribution is 0.171. The zero-order chi connectivity index (χ0) is 30.0. The fourth-order valence-electron chi connectivity index (χ4n) is 3.35. The molecule has 0 radical (unpaired) electrons. The van der Waals surface area contributed by atoms with Gasteiger partial charge in [0.15, 0.2) is 0 Å². The average molecular weight is 624 g/mol. The van der Waals surface area contributed by atoms with Crippen LogP contribution in [0.2, 0.25) is 0 Å². The molecule has 9 nitrogen and oxygen atoms in total. The van der Waals surface area contributed by atoms with Crippen LogP contribution in [0.4, 0.5) is 0 Å². The molecule has 0 aliphatic carbocycles. The Balaban J connectivity index is 0.000000666. The Morgan fingerprint density at radius 3 is 1.51 bits per heavy atom. The number of imidazole rings is 2. The van der Waals surface area contributed by atoms with Crippen LogP contribution in [-0.4, -0.2) is 77.1 Å². The summed E-state index contributed by atoms with van der Waals surface area (Å²) in [5.74, 6) is 0. The van der Waals surface area contributed by atoms with Gasteiger partial charge in [0.2, 0.25) is 0 Å². The average Bonchev–Trinajstić information content (AvgIpc) is 3.80. The fourth-order valence-corrected chi connectivity index (χ4v) is 3.56. The van der Waals surface area contributed by atoms with Crippen molar-refractivity contribution in [3.63, 3.8) is 0 Å². The van der Waals surface area contributed by atoms with Crippen LogP contribution in [-0.2, 0) is 6.67 Å². The second-order valence-electron chi connectivity index (χ2n) is 8.41. The molecule has 4 rings (SSSR count). The van der Waals surface area contributed by atoms with Crippen molar-refractivity contribution in [3.8, 4) is 6.07 Å². The highest BCUT2D eigenvalue weighted by molar-refractivity contribution is 9.09. The first-order valence-electron chi connectivity index (χ1n) is 13.0. The van der Waals surface area contributed by atoms with Crippen molar-refractivity contribution in [1.82, 2.24) is 38.7 Å². The molecule has 0 unspecified atom stereocenters. The fraction of sp³-hybridized carbons (Fsp3) is 0.258. The summed E-state index contributed by atoms with van der Waals surface area (Å²) in [5, 5.41) is 8.24. The van der Waals surface area contributed by atoms with Gasteiger partial charge < -0.3 is 28.7 Å². The normalized spacial score (nSPS) is 13.5. The predicted molar refractivity (Wildman–Crippen MR) is 175 cm³/mol. The van der Waals surface area contributed by atoms with Gasteiger partial charge in [0.1, 0.15) is 6.67 Å². The van der Waals surface area contributed by atoms with E-state index in [0.717, 1.165) is 45.1 Å². The lowest BCUT2D eigenvalue weighted by Gasteiger charge is -2.27. The highest BCUT2D eigenvalue weighted by Crippen LogP contribution is 2.12. The predicted octanol–water partition coefficient (Wildman–Crippen LogP) is 6.01. The van der Waals surface area contributed by atoms with Gasteiger partial charge in [-0.2, -0.15) is 5.26 Å². The smallest absolute Gasteiger partial charge is 0.101 e. The first-order chi connectivity index (χ1) is 20.1. The number of rotatable bonds is 12. The molecule has 0 bridgehead atoms. The van der Waals surface area contributed by atoms with Crippen LogP contribution in [0.15, 0.2) is 137 Å². The maximum atomic E-state index is 7.32.